The van der Waals surface area contributed by atoms with Gasteiger partial charge in [-0.15, -0.1) is 24.0 Å². The summed E-state index contributed by atoms with van der Waals surface area (Å²) in [6, 6.07) is 18.5. The van der Waals surface area contributed by atoms with E-state index in [-0.39, 0.29) is 42.5 Å². The van der Waals surface area contributed by atoms with Crippen molar-refractivity contribution in [1.29, 1.82) is 0 Å². The Balaban J connectivity index is 0.00000544. The first-order chi connectivity index (χ1) is 15.5. The first kappa shape index (κ1) is 28.7. The molecule has 33 heavy (non-hydrogen) atoms. The number of nitrogens with one attached hydrogen (secondary N) is 2. The van der Waals surface area contributed by atoms with Crippen molar-refractivity contribution in [3.05, 3.63) is 65.7 Å². The maximum absolute atomic E-state index is 12.1. The van der Waals surface area contributed by atoms with E-state index in [1.807, 2.05) is 30.3 Å². The van der Waals surface area contributed by atoms with E-state index in [0.29, 0.717) is 19.0 Å². The van der Waals surface area contributed by atoms with Crippen LogP contribution in [0.15, 0.2) is 59.6 Å². The monoisotopic (exact) mass is 567 g/mol. The van der Waals surface area contributed by atoms with Gasteiger partial charge in [-0.1, -0.05) is 56.3 Å². The van der Waals surface area contributed by atoms with Gasteiger partial charge in [-0.05, 0) is 36.3 Å². The van der Waals surface area contributed by atoms with Crippen LogP contribution in [0, 0.1) is 0 Å². The van der Waals surface area contributed by atoms with Crippen LogP contribution in [0.5, 0.6) is 5.75 Å². The molecule has 0 aliphatic carbocycles. The quantitative estimate of drug-likeness (QED) is 0.247. The van der Waals surface area contributed by atoms with Crippen LogP contribution in [-0.4, -0.2) is 69.1 Å². The molecule has 1 amide bonds. The van der Waals surface area contributed by atoms with Gasteiger partial charge >= 0.3 is 0 Å². The van der Waals surface area contributed by atoms with Gasteiger partial charge in [0, 0.05) is 20.6 Å². The van der Waals surface area contributed by atoms with Gasteiger partial charge in [0.15, 0.2) is 5.96 Å². The molecule has 2 aromatic carbocycles. The van der Waals surface area contributed by atoms with Crippen LogP contribution in [0.25, 0.3) is 0 Å². The smallest absolute Gasteiger partial charge is 0.241 e. The number of carbonyl (C=O) groups is 1. The molecule has 182 valence electrons. The lowest BCUT2D eigenvalue weighted by atomic mass is 10.1. The van der Waals surface area contributed by atoms with Crippen LogP contribution >= 0.6 is 24.0 Å². The maximum atomic E-state index is 12.1. The van der Waals surface area contributed by atoms with Crippen LogP contribution < -0.4 is 15.4 Å². The highest BCUT2D eigenvalue weighted by Crippen LogP contribution is 2.19. The van der Waals surface area contributed by atoms with Crippen molar-refractivity contribution in [1.82, 2.24) is 20.4 Å². The van der Waals surface area contributed by atoms with Crippen molar-refractivity contribution < 1.29 is 9.53 Å². The largest absolute Gasteiger partial charge is 0.497 e. The molecular weight excluding hydrogens is 529 g/mol. The third kappa shape index (κ3) is 9.59. The minimum atomic E-state index is -0.00713. The number of rotatable bonds is 11. The first-order valence-electron chi connectivity index (χ1n) is 11.1. The van der Waals surface area contributed by atoms with Gasteiger partial charge in [0.05, 0.1) is 26.2 Å². The summed E-state index contributed by atoms with van der Waals surface area (Å²) in [6.07, 6.45) is 0. The molecule has 1 unspecified atom stereocenters. The summed E-state index contributed by atoms with van der Waals surface area (Å²) in [6.45, 7) is 7.60. The topological polar surface area (TPSA) is 69.2 Å². The Morgan fingerprint density at radius 3 is 2.18 bits per heavy atom. The summed E-state index contributed by atoms with van der Waals surface area (Å²) >= 11 is 0. The fraction of sp³-hybridized carbons (Fsp3) is 0.440. The number of hydrogen-bond donors (Lipinski definition) is 2. The summed E-state index contributed by atoms with van der Waals surface area (Å²) < 4.78 is 5.23. The average Bonchev–Trinajstić information content (AvgIpc) is 2.83. The Morgan fingerprint density at radius 1 is 1.00 bits per heavy atom. The summed E-state index contributed by atoms with van der Waals surface area (Å²) in [5.74, 6) is 1.42. The number of aliphatic imine (C=N–C) groups is 1. The summed E-state index contributed by atoms with van der Waals surface area (Å²) in [4.78, 5) is 20.8. The number of benzene rings is 2. The molecular formula is C25H38IN5O2. The zero-order valence-corrected chi connectivity index (χ0v) is 22.7. The van der Waals surface area contributed by atoms with E-state index in [1.165, 1.54) is 5.56 Å². The molecule has 0 heterocycles. The highest BCUT2D eigenvalue weighted by Gasteiger charge is 2.18. The van der Waals surface area contributed by atoms with Gasteiger partial charge in [0.2, 0.25) is 5.91 Å². The number of guanidine groups is 1. The molecule has 8 heteroatoms. The zero-order chi connectivity index (χ0) is 23.3. The van der Waals surface area contributed by atoms with Crippen molar-refractivity contribution in [3.63, 3.8) is 0 Å². The molecule has 0 spiro atoms. The van der Waals surface area contributed by atoms with Crippen molar-refractivity contribution in [3.8, 4) is 5.75 Å². The van der Waals surface area contributed by atoms with Gasteiger partial charge in [0.25, 0.3) is 0 Å². The summed E-state index contributed by atoms with van der Waals surface area (Å²) in [5.41, 5.74) is 2.32. The molecule has 0 saturated carbocycles. The van der Waals surface area contributed by atoms with Gasteiger partial charge < -0.3 is 20.3 Å². The Bertz CT molecular complexity index is 840. The van der Waals surface area contributed by atoms with Gasteiger partial charge in [0.1, 0.15) is 5.75 Å². The van der Waals surface area contributed by atoms with Gasteiger partial charge in [-0.2, -0.15) is 0 Å². The number of halogens is 1. The minimum absolute atomic E-state index is 0. The van der Waals surface area contributed by atoms with Crippen molar-refractivity contribution in [2.45, 2.75) is 26.4 Å². The van der Waals surface area contributed by atoms with Crippen molar-refractivity contribution in [2.24, 2.45) is 4.99 Å². The normalized spacial score (nSPS) is 12.0. The number of nitrogens with zero attached hydrogens (tertiary/aromatic N) is 3. The number of likely N-dealkylation sites (N-methyl/N-ethyl adjacent to an activating group) is 2. The molecule has 0 radical (unpaired) electrons. The lowest BCUT2D eigenvalue weighted by Gasteiger charge is -2.31. The lowest BCUT2D eigenvalue weighted by molar-refractivity contribution is -0.127. The molecule has 0 aromatic heterocycles. The zero-order valence-electron chi connectivity index (χ0n) is 20.4. The maximum Gasteiger partial charge on any atom is 0.241 e. The fourth-order valence-electron chi connectivity index (χ4n) is 3.38. The molecule has 2 N–H and O–H groups in total. The standard InChI is InChI=1S/C25H37N5O2.HI/c1-6-30(7-2)23(21-11-9-8-10-12-21)18-27-25(28-19-24(31)29(3)4)26-17-20-13-15-22(32-5)16-14-20;/h8-16,23H,6-7,17-19H2,1-5H3,(H2,26,27,28);1H. The number of carbonyl (C=O) groups excluding carboxylic acids is 1. The van der Waals surface area contributed by atoms with Crippen molar-refractivity contribution in [2.75, 3.05) is 47.4 Å². The van der Waals surface area contributed by atoms with Crippen LogP contribution in [0.3, 0.4) is 0 Å². The molecule has 0 aliphatic heterocycles. The first-order valence-corrected chi connectivity index (χ1v) is 11.1. The molecule has 2 aromatic rings. The lowest BCUT2D eigenvalue weighted by Crippen LogP contribution is -2.46. The third-order valence-electron chi connectivity index (χ3n) is 5.38. The fourth-order valence-corrected chi connectivity index (χ4v) is 3.38. The van der Waals surface area contributed by atoms with Crippen molar-refractivity contribution >= 4 is 35.8 Å². The van der Waals surface area contributed by atoms with Crippen LogP contribution in [-0.2, 0) is 11.3 Å². The van der Waals surface area contributed by atoms with E-state index in [2.05, 4.69) is 53.6 Å². The van der Waals surface area contributed by atoms with Gasteiger partial charge in [-0.25, -0.2) is 4.99 Å². The molecule has 2 rings (SSSR count). The Hall–Kier alpha value is -2.33. The van der Waals surface area contributed by atoms with Gasteiger partial charge in [-0.3, -0.25) is 9.69 Å². The van der Waals surface area contributed by atoms with E-state index in [4.69, 9.17) is 9.73 Å². The SMILES string of the molecule is CCN(CC)C(CNC(=NCc1ccc(OC)cc1)NCC(=O)N(C)C)c1ccccc1.I. The van der Waals surface area contributed by atoms with Crippen LogP contribution in [0.4, 0.5) is 0 Å². The Morgan fingerprint density at radius 2 is 1.64 bits per heavy atom. The van der Waals surface area contributed by atoms with E-state index in [0.717, 1.165) is 24.4 Å². The predicted molar refractivity (Wildman–Crippen MR) is 146 cm³/mol. The molecule has 1 atom stereocenters. The van der Waals surface area contributed by atoms with Crippen LogP contribution in [0.2, 0.25) is 0 Å². The minimum Gasteiger partial charge on any atom is -0.497 e. The summed E-state index contributed by atoms with van der Waals surface area (Å²) in [5, 5.41) is 6.64. The molecule has 0 aliphatic rings. The summed E-state index contributed by atoms with van der Waals surface area (Å²) in [7, 11) is 5.15. The third-order valence-corrected chi connectivity index (χ3v) is 5.38. The Labute approximate surface area is 215 Å². The predicted octanol–water partition coefficient (Wildman–Crippen LogP) is 3.52. The molecule has 0 bridgehead atoms. The average molecular weight is 568 g/mol. The van der Waals surface area contributed by atoms with E-state index in [1.54, 1.807) is 26.1 Å². The Kier molecular flexibility index (Phi) is 13.5. The van der Waals surface area contributed by atoms with E-state index in [9.17, 15) is 4.79 Å². The molecule has 0 fully saturated rings. The van der Waals surface area contributed by atoms with Crippen LogP contribution in [0.1, 0.15) is 31.0 Å². The molecule has 7 nitrogen and oxygen atoms in total. The second-order valence-corrected chi connectivity index (χ2v) is 7.68. The number of methoxy groups -OCH3 is 1. The second-order valence-electron chi connectivity index (χ2n) is 7.68. The second kappa shape index (κ2) is 15.5. The highest BCUT2D eigenvalue weighted by atomic mass is 127. The number of ether oxygens (including phenoxy) is 1. The molecule has 0 saturated heterocycles. The van der Waals surface area contributed by atoms with E-state index >= 15 is 0 Å². The van der Waals surface area contributed by atoms with E-state index < -0.39 is 0 Å². The number of hydrogen-bond acceptors (Lipinski definition) is 4. The number of amides is 1. The highest BCUT2D eigenvalue weighted by molar-refractivity contribution is 14.0.